The Labute approximate surface area is 218 Å². The number of benzene rings is 2. The number of carbonyl (C=O) groups excluding carboxylic acids is 2. The summed E-state index contributed by atoms with van der Waals surface area (Å²) < 4.78 is 23.2. The number of hydrogen-bond acceptors (Lipinski definition) is 5. The minimum atomic E-state index is -0.765. The molecule has 0 aliphatic carbocycles. The second-order valence-electron chi connectivity index (χ2n) is 10.1. The molecule has 2 aromatic rings. The molecule has 2 aromatic carbocycles. The van der Waals surface area contributed by atoms with Gasteiger partial charge in [-0.05, 0) is 55.2 Å². The van der Waals surface area contributed by atoms with Gasteiger partial charge >= 0.3 is 0 Å². The summed E-state index contributed by atoms with van der Waals surface area (Å²) in [5.74, 6) is -1.21. The second kappa shape index (κ2) is 14.7. The maximum atomic E-state index is 13.0. The number of hydrogen-bond donors (Lipinski definition) is 2. The molecule has 0 unspecified atom stereocenters. The summed E-state index contributed by atoms with van der Waals surface area (Å²) in [5, 5.41) is 5.44. The van der Waals surface area contributed by atoms with Crippen LogP contribution in [0.5, 0.6) is 0 Å². The summed E-state index contributed by atoms with van der Waals surface area (Å²) in [5.41, 5.74) is 2.44. The highest BCUT2D eigenvalue weighted by atomic mass is 19.1. The summed E-state index contributed by atoms with van der Waals surface area (Å²) in [7, 11) is 1.52. The van der Waals surface area contributed by atoms with E-state index in [1.807, 2.05) is 19.1 Å². The van der Waals surface area contributed by atoms with Gasteiger partial charge in [-0.1, -0.05) is 38.5 Å². The van der Waals surface area contributed by atoms with Crippen molar-refractivity contribution in [1.82, 2.24) is 10.2 Å². The van der Waals surface area contributed by atoms with Crippen LogP contribution in [0, 0.1) is 18.2 Å². The van der Waals surface area contributed by atoms with Crippen LogP contribution in [-0.2, 0) is 14.3 Å². The Morgan fingerprint density at radius 3 is 2.25 bits per heavy atom. The van der Waals surface area contributed by atoms with Crippen molar-refractivity contribution in [2.75, 3.05) is 51.9 Å². The van der Waals surface area contributed by atoms with Gasteiger partial charge in [0.05, 0.1) is 13.2 Å². The van der Waals surface area contributed by atoms with Crippen molar-refractivity contribution in [1.29, 1.82) is 0 Å². The Balaban J connectivity index is 0. The molecule has 0 spiro atoms. The highest BCUT2D eigenvalue weighted by Crippen LogP contribution is 2.15. The van der Waals surface area contributed by atoms with E-state index in [0.717, 1.165) is 31.9 Å². The minimum absolute atomic E-state index is 0. The topological polar surface area (TPSA) is 79.9 Å². The first-order chi connectivity index (χ1) is 17.1. The molecule has 0 radical (unpaired) electrons. The lowest BCUT2D eigenvalue weighted by molar-refractivity contribution is -0.118. The Morgan fingerprint density at radius 1 is 1.08 bits per heavy atom. The Bertz CT molecular complexity index is 952. The number of aryl methyl sites for hydroxylation is 1. The highest BCUT2D eigenvalue weighted by molar-refractivity contribution is 6.01. The molecule has 8 heteroatoms. The lowest BCUT2D eigenvalue weighted by atomic mass is 9.96. The Hall–Kier alpha value is -2.81. The van der Waals surface area contributed by atoms with E-state index in [2.05, 4.69) is 36.3 Å². The van der Waals surface area contributed by atoms with Crippen molar-refractivity contribution in [3.8, 4) is 0 Å². The average Bonchev–Trinajstić information content (AvgIpc) is 2.83. The molecular formula is C28H46FN3O4. The normalized spacial score (nSPS) is 14.8. The molecule has 3 rings (SSSR count). The third kappa shape index (κ3) is 11.3. The monoisotopic (exact) mass is 507 g/mol. The maximum absolute atomic E-state index is 13.0. The molecule has 1 atom stereocenters. The zero-order valence-corrected chi connectivity index (χ0v) is 22.1. The standard InChI is InChI=1S/C19H21FN2O3.C9H19NO.3H2/c1-13-3-9-16(10-4-13)21-19(24)17(11-12-25-2)22-18(23)14-5-7-15(20)8-6-14;1-9(2,3)8-10-4-6-11-7-5-10;;;/h3-10,17H,11-12H2,1-2H3,(H,21,24)(H,22,23);4-8H2,1-3H3;3*1H/t17-;;;;/m0..../s1. The van der Waals surface area contributed by atoms with Crippen LogP contribution < -0.4 is 10.6 Å². The number of morpholine rings is 1. The van der Waals surface area contributed by atoms with Crippen LogP contribution in [0.2, 0.25) is 0 Å². The van der Waals surface area contributed by atoms with Crippen molar-refractivity contribution in [3.63, 3.8) is 0 Å². The summed E-state index contributed by atoms with van der Waals surface area (Å²) in [4.78, 5) is 27.2. The van der Waals surface area contributed by atoms with Gasteiger partial charge in [0.15, 0.2) is 0 Å². The largest absolute Gasteiger partial charge is 0.385 e. The number of nitrogens with zero attached hydrogens (tertiary/aromatic N) is 1. The molecule has 0 aromatic heterocycles. The van der Waals surface area contributed by atoms with Gasteiger partial charge in [0.1, 0.15) is 11.9 Å². The van der Waals surface area contributed by atoms with Crippen molar-refractivity contribution < 1.29 is 27.7 Å². The molecule has 1 aliphatic rings. The fourth-order valence-corrected chi connectivity index (χ4v) is 3.64. The van der Waals surface area contributed by atoms with Crippen LogP contribution in [0.25, 0.3) is 0 Å². The first kappa shape index (κ1) is 29.4. The van der Waals surface area contributed by atoms with E-state index in [0.29, 0.717) is 24.1 Å². The van der Waals surface area contributed by atoms with Crippen LogP contribution >= 0.6 is 0 Å². The van der Waals surface area contributed by atoms with Crippen LogP contribution in [0.1, 0.15) is 47.4 Å². The number of amides is 2. The lowest BCUT2D eigenvalue weighted by Crippen LogP contribution is -2.44. The second-order valence-corrected chi connectivity index (χ2v) is 10.1. The van der Waals surface area contributed by atoms with Gasteiger partial charge in [0.25, 0.3) is 5.91 Å². The number of nitrogens with one attached hydrogen (secondary N) is 2. The van der Waals surface area contributed by atoms with Crippen molar-refractivity contribution in [2.45, 2.75) is 40.2 Å². The molecular weight excluding hydrogens is 461 g/mol. The highest BCUT2D eigenvalue weighted by Gasteiger charge is 2.21. The zero-order chi connectivity index (χ0) is 26.6. The van der Waals surface area contributed by atoms with E-state index < -0.39 is 17.8 Å². The van der Waals surface area contributed by atoms with E-state index in [1.54, 1.807) is 12.1 Å². The fraction of sp³-hybridized carbons (Fsp3) is 0.500. The summed E-state index contributed by atoms with van der Waals surface area (Å²) >= 11 is 0. The molecule has 36 heavy (non-hydrogen) atoms. The molecule has 2 N–H and O–H groups in total. The average molecular weight is 508 g/mol. The number of carbonyl (C=O) groups is 2. The predicted octanol–water partition coefficient (Wildman–Crippen LogP) is 5.01. The summed E-state index contributed by atoms with van der Waals surface area (Å²) in [6, 6.07) is 11.7. The van der Waals surface area contributed by atoms with Crippen molar-refractivity contribution in [2.24, 2.45) is 5.41 Å². The van der Waals surface area contributed by atoms with Crippen LogP contribution in [0.15, 0.2) is 48.5 Å². The van der Waals surface area contributed by atoms with Crippen LogP contribution in [0.4, 0.5) is 10.1 Å². The van der Waals surface area contributed by atoms with Gasteiger partial charge in [0.2, 0.25) is 5.91 Å². The van der Waals surface area contributed by atoms with E-state index >= 15 is 0 Å². The predicted molar refractivity (Wildman–Crippen MR) is 147 cm³/mol. The molecule has 1 fully saturated rings. The third-order valence-corrected chi connectivity index (χ3v) is 5.46. The van der Waals surface area contributed by atoms with Gasteiger partial charge in [0, 0.05) is 48.9 Å². The van der Waals surface area contributed by atoms with E-state index in [-0.39, 0.29) is 15.8 Å². The number of ether oxygens (including phenoxy) is 2. The van der Waals surface area contributed by atoms with E-state index in [4.69, 9.17) is 9.47 Å². The Morgan fingerprint density at radius 2 is 1.69 bits per heavy atom. The van der Waals surface area contributed by atoms with Gasteiger partial charge in [-0.3, -0.25) is 14.5 Å². The van der Waals surface area contributed by atoms with Crippen LogP contribution in [-0.4, -0.2) is 69.3 Å². The minimum Gasteiger partial charge on any atom is -0.385 e. The third-order valence-electron chi connectivity index (χ3n) is 5.46. The number of methoxy groups -OCH3 is 1. The molecule has 0 saturated carbocycles. The maximum Gasteiger partial charge on any atom is 0.251 e. The van der Waals surface area contributed by atoms with Crippen molar-refractivity contribution in [3.05, 3.63) is 65.5 Å². The van der Waals surface area contributed by atoms with Gasteiger partial charge in [-0.2, -0.15) is 0 Å². The quantitative estimate of drug-likeness (QED) is 0.525. The number of anilines is 1. The molecule has 1 heterocycles. The summed E-state index contributed by atoms with van der Waals surface area (Å²) in [6.07, 6.45) is 0.321. The number of halogens is 1. The smallest absolute Gasteiger partial charge is 0.251 e. The van der Waals surface area contributed by atoms with Gasteiger partial charge in [-0.15, -0.1) is 0 Å². The molecule has 204 valence electrons. The first-order valence-corrected chi connectivity index (χ1v) is 12.3. The SMILES string of the molecule is CC(C)(C)CN1CCOCC1.COCC[C@H](NC(=O)c1ccc(F)cc1)C(=O)Nc1ccc(C)cc1.[HH].[HH].[HH]. The lowest BCUT2D eigenvalue weighted by Gasteiger charge is -2.32. The Kier molecular flexibility index (Phi) is 12.0. The first-order valence-electron chi connectivity index (χ1n) is 12.3. The van der Waals surface area contributed by atoms with Gasteiger partial charge < -0.3 is 20.1 Å². The molecule has 0 bridgehead atoms. The van der Waals surface area contributed by atoms with E-state index in [9.17, 15) is 14.0 Å². The van der Waals surface area contributed by atoms with Crippen molar-refractivity contribution >= 4 is 17.5 Å². The molecule has 1 aliphatic heterocycles. The zero-order valence-electron chi connectivity index (χ0n) is 22.1. The van der Waals surface area contributed by atoms with E-state index in [1.165, 1.54) is 37.9 Å². The summed E-state index contributed by atoms with van der Waals surface area (Å²) in [6.45, 7) is 14.3. The fourth-order valence-electron chi connectivity index (χ4n) is 3.64. The molecule has 1 saturated heterocycles. The van der Waals surface area contributed by atoms with Gasteiger partial charge in [-0.25, -0.2) is 4.39 Å². The molecule has 2 amide bonds. The number of rotatable bonds is 8. The molecule has 7 nitrogen and oxygen atoms in total. The van der Waals surface area contributed by atoms with Crippen LogP contribution in [0.3, 0.4) is 0 Å².